The van der Waals surface area contributed by atoms with E-state index in [9.17, 15) is 13.2 Å². The van der Waals surface area contributed by atoms with Gasteiger partial charge in [-0.15, -0.1) is 0 Å². The zero-order chi connectivity index (χ0) is 8.85. The number of hydrogen-bond acceptors (Lipinski definition) is 1. The van der Waals surface area contributed by atoms with Crippen LogP contribution in [0.25, 0.3) is 0 Å². The van der Waals surface area contributed by atoms with Crippen LogP contribution in [0.4, 0.5) is 13.2 Å². The quantitative estimate of drug-likeness (QED) is 0.657. The summed E-state index contributed by atoms with van der Waals surface area (Å²) in [7, 11) is -0.158. The minimum atomic E-state index is -1.72. The monoisotopic (exact) mass is 402 g/mol. The molecule has 0 radical (unpaired) electrons. The van der Waals surface area contributed by atoms with Gasteiger partial charge in [-0.1, -0.05) is 0 Å². The molecule has 69 valence electrons. The Morgan fingerprint density at radius 1 is 1.27 bits per heavy atom. The van der Waals surface area contributed by atoms with Crippen molar-refractivity contribution in [2.75, 3.05) is 7.11 Å². The van der Waals surface area contributed by atoms with Crippen molar-refractivity contribution in [3.8, 4) is 0 Å². The molecule has 0 saturated carbocycles. The van der Waals surface area contributed by atoms with Crippen molar-refractivity contribution in [3.05, 3.63) is 11.6 Å². The van der Waals surface area contributed by atoms with E-state index in [0.717, 1.165) is 0 Å². The molecule has 0 bridgehead atoms. The Morgan fingerprint density at radius 3 is 2.18 bits per heavy atom. The molecule has 5 heteroatoms. The molecule has 0 heterocycles. The molecule has 0 rings (SSSR count). The third-order valence-corrected chi connectivity index (χ3v) is 2.16. The predicted octanol–water partition coefficient (Wildman–Crippen LogP) is 2.29. The molecular weight excluding hydrogens is 396 g/mol. The first kappa shape index (κ1) is 9.20. The van der Waals surface area contributed by atoms with Gasteiger partial charge in [0, 0.05) is 0 Å². The second kappa shape index (κ2) is 4.09. The van der Waals surface area contributed by atoms with Crippen LogP contribution in [0, 0.1) is 0 Å². The van der Waals surface area contributed by atoms with Gasteiger partial charge in [-0.3, -0.25) is 0 Å². The summed E-state index contributed by atoms with van der Waals surface area (Å²) in [5.74, 6) is 0. The number of ether oxygens (including phenoxy) is 1. The van der Waals surface area contributed by atoms with Crippen LogP contribution >= 0.6 is 0 Å². The number of hydrogen-bond donors (Lipinski definition) is 0. The van der Waals surface area contributed by atoms with Gasteiger partial charge in [0.2, 0.25) is 0 Å². The number of halogens is 3. The van der Waals surface area contributed by atoms with Crippen molar-refractivity contribution < 1.29 is 17.9 Å². The van der Waals surface area contributed by atoms with Crippen LogP contribution < -0.4 is 0 Å². The molecule has 0 aliphatic heterocycles. The molecule has 0 aliphatic rings. The van der Waals surface area contributed by atoms with Gasteiger partial charge in [-0.2, -0.15) is 0 Å². The molecular formula is C6H8CfF3O. The Labute approximate surface area is 58.5 Å². The van der Waals surface area contributed by atoms with E-state index >= 15 is 0 Å². The summed E-state index contributed by atoms with van der Waals surface area (Å²) in [6, 6.07) is -0.735. The average Bonchev–Trinajstić information content (AvgIpc) is 1.86. The van der Waals surface area contributed by atoms with Gasteiger partial charge in [0.15, 0.2) is 0 Å². The van der Waals surface area contributed by atoms with Gasteiger partial charge in [0.1, 0.15) is 0 Å². The van der Waals surface area contributed by atoms with Gasteiger partial charge in [-0.25, -0.2) is 0 Å². The topological polar surface area (TPSA) is 9.23 Å². The van der Waals surface area contributed by atoms with E-state index in [2.05, 4.69) is 4.74 Å². The van der Waals surface area contributed by atoms with Crippen LogP contribution in [0.3, 0.4) is 0 Å². The molecule has 0 spiro atoms. The molecule has 0 atom stereocenters. The Hall–Kier alpha value is -1.80. The average molecular weight is 404 g/mol. The molecule has 0 aromatic rings. The van der Waals surface area contributed by atoms with E-state index in [4.69, 9.17) is 0 Å². The molecule has 1 nitrogen and oxygen atoms in total. The van der Waals surface area contributed by atoms with Crippen molar-refractivity contribution in [1.29, 1.82) is 0 Å². The van der Waals surface area contributed by atoms with Crippen LogP contribution in [0.1, 0.15) is 13.8 Å². The molecule has 11 heavy (non-hydrogen) atoms. The molecule has 0 N–H and O–H groups in total. The summed E-state index contributed by atoms with van der Waals surface area (Å²) in [5, 5.41) is 0. The van der Waals surface area contributed by atoms with Crippen molar-refractivity contribution in [2.45, 2.75) is 13.8 Å². The fraction of sp³-hybridized carbons (Fsp3) is 0.500. The van der Waals surface area contributed by atoms with E-state index in [1.54, 1.807) is 0 Å². The van der Waals surface area contributed by atoms with Crippen LogP contribution in [0.5, 0.6) is 0 Å². The molecule has 0 saturated heterocycles. The van der Waals surface area contributed by atoms with Crippen molar-refractivity contribution in [1.82, 2.24) is 0 Å². The van der Waals surface area contributed by atoms with Crippen LogP contribution in [-0.4, -0.2) is 14.0 Å². The summed E-state index contributed by atoms with van der Waals surface area (Å²) in [5.41, 5.74) is 0.375. The summed E-state index contributed by atoms with van der Waals surface area (Å²) in [6.07, 6.45) is 0. The van der Waals surface area contributed by atoms with E-state index in [1.165, 1.54) is 13.8 Å². The molecule has 0 aromatic carbocycles. The number of rotatable bonds is 3. The molecule has 0 unspecified atom stereocenters. The van der Waals surface area contributed by atoms with Crippen LogP contribution in [0.2, 0.25) is 0 Å². The third-order valence-electron chi connectivity index (χ3n) is 0.696. The predicted molar refractivity (Wildman–Crippen MR) is 32.7 cm³/mol. The summed E-state index contributed by atoms with van der Waals surface area (Å²) < 4.78 is 38.0. The fourth-order valence-electron chi connectivity index (χ4n) is 0.242. The molecule has 0 aliphatic carbocycles. The van der Waals surface area contributed by atoms with Crippen LogP contribution in [-0.2, 0) is 4.74 Å². The minimum absolute atomic E-state index is 0.158. The van der Waals surface area contributed by atoms with Gasteiger partial charge in [-0.05, 0) is 0 Å². The second-order valence-electron chi connectivity index (χ2n) is 1.81. The first-order valence-electron chi connectivity index (χ1n) is 2.69. The second-order valence-corrected chi connectivity index (χ2v) is 4.50. The Morgan fingerprint density at radius 2 is 1.82 bits per heavy atom. The maximum absolute atomic E-state index is 12.4. The zero-order valence-electron chi connectivity index (χ0n) is 6.07. The first-order chi connectivity index (χ1) is 5.04. The van der Waals surface area contributed by atoms with E-state index < -0.39 is 12.9 Å². The van der Waals surface area contributed by atoms with Crippen molar-refractivity contribution >= 4 is 6.93 Å². The van der Waals surface area contributed by atoms with E-state index in [0.29, 0.717) is 5.57 Å². The Bertz CT molecular complexity index is 180. The summed E-state index contributed by atoms with van der Waals surface area (Å²) in [6.45, 7) is 1.45. The molecule has 0 amide bonds. The van der Waals surface area contributed by atoms with Crippen LogP contribution in [0.15, 0.2) is 11.6 Å². The first-order valence-corrected chi connectivity index (χ1v) is 5.87. The normalized spacial score (nSPS) is 8.45. The van der Waals surface area contributed by atoms with E-state index in [-0.39, 0.29) is 7.11 Å². The van der Waals surface area contributed by atoms with Crippen molar-refractivity contribution in [2.24, 2.45) is 0 Å². The molecule has 0 fully saturated rings. The SMILES string of the molecule is CC(C)=C(F)O[CH2][Cf]=[C](F)F. The Kier molecular flexibility index (Phi) is 3.42. The van der Waals surface area contributed by atoms with E-state index in [1.807, 2.05) is 0 Å². The zero-order valence-corrected chi connectivity index (χ0v) is 8.70. The maximum atomic E-state index is 12.4. The fourth-order valence-corrected chi connectivity index (χ4v) is 1.05. The van der Waals surface area contributed by atoms with Gasteiger partial charge in [0.25, 0.3) is 0 Å². The number of allylic oxidation sites excluding steroid dienone is 1. The van der Waals surface area contributed by atoms with Gasteiger partial charge >= 0.3 is 57.4 Å². The van der Waals surface area contributed by atoms with Crippen molar-refractivity contribution in [3.63, 3.8) is 0 Å². The van der Waals surface area contributed by atoms with Gasteiger partial charge in [0.05, 0.1) is 0 Å². The third kappa shape index (κ3) is 4.69. The summed E-state index contributed by atoms with van der Waals surface area (Å²) in [4.78, 5) is 0. The summed E-state index contributed by atoms with van der Waals surface area (Å²) >= 11 is 0. The Balaban J connectivity index is 3.73. The standard InChI is InChI=1S/C5H8FO.CF2.Cf/c1-4(2)5(6)7-3;2-1-3;/h3H2,1-2H3;;. The van der Waals surface area contributed by atoms with Gasteiger partial charge < -0.3 is 0 Å². The molecule has 0 aromatic heterocycles.